The van der Waals surface area contributed by atoms with Gasteiger partial charge in [0.1, 0.15) is 5.75 Å². The van der Waals surface area contributed by atoms with E-state index in [9.17, 15) is 4.79 Å². The maximum atomic E-state index is 12.4. The van der Waals surface area contributed by atoms with Crippen molar-refractivity contribution in [2.24, 2.45) is 0 Å². The van der Waals surface area contributed by atoms with E-state index in [0.717, 1.165) is 42.0 Å². The molecule has 0 aliphatic carbocycles. The summed E-state index contributed by atoms with van der Waals surface area (Å²) in [5, 5.41) is 2.96. The second kappa shape index (κ2) is 8.37. The van der Waals surface area contributed by atoms with Crippen molar-refractivity contribution in [3.8, 4) is 5.75 Å². The van der Waals surface area contributed by atoms with Gasteiger partial charge in [0.05, 0.1) is 12.5 Å². The van der Waals surface area contributed by atoms with Crippen LogP contribution in [0.3, 0.4) is 0 Å². The van der Waals surface area contributed by atoms with Gasteiger partial charge in [-0.1, -0.05) is 43.2 Å². The first-order chi connectivity index (χ1) is 11.1. The molecule has 23 heavy (non-hydrogen) atoms. The zero-order valence-corrected chi connectivity index (χ0v) is 14.1. The molecule has 122 valence electrons. The molecule has 0 aliphatic rings. The quantitative estimate of drug-likeness (QED) is 0.737. The molecule has 0 aliphatic heterocycles. The normalized spacial score (nSPS) is 11.8. The standard InChI is InChI=1S/C20H25NO2/c1-4-5-13-23-19-11-9-18(10-12-19)21-20(22)16(3)17-8-6-7-15(2)14-17/h6-12,14,16H,4-5,13H2,1-3H3,(H,21,22). The summed E-state index contributed by atoms with van der Waals surface area (Å²) < 4.78 is 5.62. The first kappa shape index (κ1) is 17.1. The van der Waals surface area contributed by atoms with Gasteiger partial charge in [-0.05, 0) is 50.1 Å². The van der Waals surface area contributed by atoms with Crippen molar-refractivity contribution in [3.63, 3.8) is 0 Å². The molecule has 0 fully saturated rings. The summed E-state index contributed by atoms with van der Waals surface area (Å²) in [5.41, 5.74) is 2.98. The summed E-state index contributed by atoms with van der Waals surface area (Å²) in [7, 11) is 0. The number of nitrogens with one attached hydrogen (secondary N) is 1. The number of anilines is 1. The Morgan fingerprint density at radius 3 is 2.57 bits per heavy atom. The van der Waals surface area contributed by atoms with Crippen molar-refractivity contribution in [2.75, 3.05) is 11.9 Å². The lowest BCUT2D eigenvalue weighted by Crippen LogP contribution is -2.18. The van der Waals surface area contributed by atoms with E-state index in [2.05, 4.69) is 18.3 Å². The fourth-order valence-corrected chi connectivity index (χ4v) is 2.31. The van der Waals surface area contributed by atoms with Crippen LogP contribution in [0.1, 0.15) is 43.7 Å². The Labute approximate surface area is 138 Å². The van der Waals surface area contributed by atoms with Gasteiger partial charge in [0.2, 0.25) is 5.91 Å². The second-order valence-electron chi connectivity index (χ2n) is 5.85. The van der Waals surface area contributed by atoms with Gasteiger partial charge in [-0.15, -0.1) is 0 Å². The molecule has 1 N–H and O–H groups in total. The molecule has 1 amide bonds. The number of benzene rings is 2. The summed E-state index contributed by atoms with van der Waals surface area (Å²) in [5.74, 6) is 0.647. The van der Waals surface area contributed by atoms with Gasteiger partial charge in [-0.2, -0.15) is 0 Å². The van der Waals surface area contributed by atoms with E-state index in [4.69, 9.17) is 4.74 Å². The molecule has 0 aromatic heterocycles. The van der Waals surface area contributed by atoms with Crippen LogP contribution in [0, 0.1) is 6.92 Å². The topological polar surface area (TPSA) is 38.3 Å². The van der Waals surface area contributed by atoms with E-state index in [1.165, 1.54) is 0 Å². The molecule has 0 saturated carbocycles. The molecular formula is C20H25NO2. The van der Waals surface area contributed by atoms with Gasteiger partial charge >= 0.3 is 0 Å². The van der Waals surface area contributed by atoms with Crippen LogP contribution in [-0.2, 0) is 4.79 Å². The lowest BCUT2D eigenvalue weighted by atomic mass is 9.98. The van der Waals surface area contributed by atoms with Crippen LogP contribution in [0.4, 0.5) is 5.69 Å². The second-order valence-corrected chi connectivity index (χ2v) is 5.85. The summed E-state index contributed by atoms with van der Waals surface area (Å²) in [6.45, 7) is 6.82. The van der Waals surface area contributed by atoms with E-state index in [1.54, 1.807) is 0 Å². The van der Waals surface area contributed by atoms with Gasteiger partial charge in [0.15, 0.2) is 0 Å². The smallest absolute Gasteiger partial charge is 0.231 e. The van der Waals surface area contributed by atoms with E-state index in [1.807, 2.05) is 56.3 Å². The van der Waals surface area contributed by atoms with E-state index in [-0.39, 0.29) is 11.8 Å². The Morgan fingerprint density at radius 2 is 1.91 bits per heavy atom. The number of ether oxygens (including phenoxy) is 1. The number of rotatable bonds is 7. The van der Waals surface area contributed by atoms with Crippen molar-refractivity contribution < 1.29 is 9.53 Å². The van der Waals surface area contributed by atoms with E-state index >= 15 is 0 Å². The molecule has 2 aromatic carbocycles. The molecule has 0 heterocycles. The van der Waals surface area contributed by atoms with Gasteiger partial charge < -0.3 is 10.1 Å². The maximum absolute atomic E-state index is 12.4. The summed E-state index contributed by atoms with van der Waals surface area (Å²) in [6, 6.07) is 15.6. The number of carbonyl (C=O) groups is 1. The largest absolute Gasteiger partial charge is 0.494 e. The van der Waals surface area contributed by atoms with Crippen molar-refractivity contribution in [2.45, 2.75) is 39.5 Å². The van der Waals surface area contributed by atoms with Crippen LogP contribution in [0.2, 0.25) is 0 Å². The Kier molecular flexibility index (Phi) is 6.21. The highest BCUT2D eigenvalue weighted by atomic mass is 16.5. The number of aryl methyl sites for hydroxylation is 1. The number of hydrogen-bond donors (Lipinski definition) is 1. The van der Waals surface area contributed by atoms with Gasteiger partial charge in [0, 0.05) is 5.69 Å². The minimum Gasteiger partial charge on any atom is -0.494 e. The van der Waals surface area contributed by atoms with E-state index in [0.29, 0.717) is 0 Å². The van der Waals surface area contributed by atoms with Crippen LogP contribution in [0.5, 0.6) is 5.75 Å². The SMILES string of the molecule is CCCCOc1ccc(NC(=O)C(C)c2cccc(C)c2)cc1. The molecule has 2 rings (SSSR count). The van der Waals surface area contributed by atoms with Crippen LogP contribution >= 0.6 is 0 Å². The molecule has 2 aromatic rings. The summed E-state index contributed by atoms with van der Waals surface area (Å²) >= 11 is 0. The van der Waals surface area contributed by atoms with Crippen LogP contribution in [-0.4, -0.2) is 12.5 Å². The first-order valence-corrected chi connectivity index (χ1v) is 8.20. The van der Waals surface area contributed by atoms with Crippen LogP contribution in [0.25, 0.3) is 0 Å². The number of amides is 1. The monoisotopic (exact) mass is 311 g/mol. The highest BCUT2D eigenvalue weighted by molar-refractivity contribution is 5.95. The minimum absolute atomic E-state index is 0.00440. The van der Waals surface area contributed by atoms with Crippen molar-refractivity contribution in [1.29, 1.82) is 0 Å². The number of unbranched alkanes of at least 4 members (excludes halogenated alkanes) is 1. The van der Waals surface area contributed by atoms with E-state index < -0.39 is 0 Å². The maximum Gasteiger partial charge on any atom is 0.231 e. The predicted molar refractivity (Wildman–Crippen MR) is 95.1 cm³/mol. The Hall–Kier alpha value is -2.29. The third-order valence-corrected chi connectivity index (χ3v) is 3.82. The third kappa shape index (κ3) is 5.13. The Bertz CT molecular complexity index is 634. The fourth-order valence-electron chi connectivity index (χ4n) is 2.31. The molecule has 0 saturated heterocycles. The molecule has 3 nitrogen and oxygen atoms in total. The molecule has 1 unspecified atom stereocenters. The van der Waals surface area contributed by atoms with Gasteiger partial charge in [-0.25, -0.2) is 0 Å². The Balaban J connectivity index is 1.94. The molecule has 0 bridgehead atoms. The fraction of sp³-hybridized carbons (Fsp3) is 0.350. The molecule has 1 atom stereocenters. The number of hydrogen-bond acceptors (Lipinski definition) is 2. The Morgan fingerprint density at radius 1 is 1.17 bits per heavy atom. The molecular weight excluding hydrogens is 286 g/mol. The summed E-state index contributed by atoms with van der Waals surface area (Å²) in [6.07, 6.45) is 2.16. The summed E-state index contributed by atoms with van der Waals surface area (Å²) in [4.78, 5) is 12.4. The molecule has 0 radical (unpaired) electrons. The highest BCUT2D eigenvalue weighted by Gasteiger charge is 2.15. The zero-order chi connectivity index (χ0) is 16.7. The first-order valence-electron chi connectivity index (χ1n) is 8.20. The zero-order valence-electron chi connectivity index (χ0n) is 14.1. The molecule has 0 spiro atoms. The van der Waals surface area contributed by atoms with Crippen molar-refractivity contribution in [3.05, 3.63) is 59.7 Å². The van der Waals surface area contributed by atoms with Crippen molar-refractivity contribution in [1.82, 2.24) is 0 Å². The lowest BCUT2D eigenvalue weighted by Gasteiger charge is -2.13. The average Bonchev–Trinajstić information content (AvgIpc) is 2.56. The average molecular weight is 311 g/mol. The van der Waals surface area contributed by atoms with Gasteiger partial charge in [-0.3, -0.25) is 4.79 Å². The minimum atomic E-state index is -0.185. The number of carbonyl (C=O) groups excluding carboxylic acids is 1. The molecule has 3 heteroatoms. The third-order valence-electron chi connectivity index (χ3n) is 3.82. The lowest BCUT2D eigenvalue weighted by molar-refractivity contribution is -0.117. The highest BCUT2D eigenvalue weighted by Crippen LogP contribution is 2.20. The van der Waals surface area contributed by atoms with Crippen molar-refractivity contribution >= 4 is 11.6 Å². The van der Waals surface area contributed by atoms with Gasteiger partial charge in [0.25, 0.3) is 0 Å². The van der Waals surface area contributed by atoms with Crippen LogP contribution in [0.15, 0.2) is 48.5 Å². The predicted octanol–water partition coefficient (Wildman–Crippen LogP) is 4.92. The van der Waals surface area contributed by atoms with Crippen LogP contribution < -0.4 is 10.1 Å².